The van der Waals surface area contributed by atoms with Crippen molar-refractivity contribution in [3.8, 4) is 17.4 Å². The van der Waals surface area contributed by atoms with Gasteiger partial charge in [-0.2, -0.15) is 9.97 Å². The van der Waals surface area contributed by atoms with Crippen molar-refractivity contribution < 1.29 is 31.8 Å². The Morgan fingerprint density at radius 2 is 1.78 bits per heavy atom. The summed E-state index contributed by atoms with van der Waals surface area (Å²) < 4.78 is 68.2. The smallest absolute Gasteiger partial charge is 0.245 e. The Bertz CT molecular complexity index is 1430. The van der Waals surface area contributed by atoms with Gasteiger partial charge in [-0.05, 0) is 33.1 Å². The molecule has 0 aromatic carbocycles. The predicted octanol–water partition coefficient (Wildman–Crippen LogP) is 1.67. The summed E-state index contributed by atoms with van der Waals surface area (Å²) >= 11 is 0. The topological polar surface area (TPSA) is 169 Å². The molecule has 5 heterocycles. The van der Waals surface area contributed by atoms with Crippen molar-refractivity contribution in [3.05, 3.63) is 30.4 Å². The minimum absolute atomic E-state index is 0.0345. The van der Waals surface area contributed by atoms with Gasteiger partial charge in [-0.15, -0.1) is 10.2 Å². The lowest BCUT2D eigenvalue weighted by Crippen LogP contribution is -2.51. The molecule has 3 aromatic heterocycles. The Kier molecular flexibility index (Phi) is 8.46. The molecule has 15 nitrogen and oxygen atoms in total. The molecule has 5 rings (SSSR count). The van der Waals surface area contributed by atoms with Crippen molar-refractivity contribution in [2.45, 2.75) is 56.7 Å². The molecule has 2 saturated heterocycles. The van der Waals surface area contributed by atoms with Gasteiger partial charge in [0.2, 0.25) is 33.7 Å². The van der Waals surface area contributed by atoms with Crippen LogP contribution in [0.4, 0.5) is 16.3 Å². The van der Waals surface area contributed by atoms with E-state index in [0.717, 1.165) is 18.8 Å². The Balaban J connectivity index is 1.52. The zero-order chi connectivity index (χ0) is 29.1. The summed E-state index contributed by atoms with van der Waals surface area (Å²) in [5.41, 5.74) is 0.219. The first kappa shape index (κ1) is 28.8. The summed E-state index contributed by atoms with van der Waals surface area (Å²) in [6, 6.07) is 0. The molecule has 0 amide bonds. The zero-order valence-electron chi connectivity index (χ0n) is 23.1. The minimum atomic E-state index is -4.12. The first-order chi connectivity index (χ1) is 19.7. The number of hydrogen-bond donors (Lipinski definition) is 1. The minimum Gasteiger partial charge on any atom is -0.479 e. The summed E-state index contributed by atoms with van der Waals surface area (Å²) in [5, 5.41) is 7.50. The molecule has 2 aliphatic heterocycles. The molecule has 0 saturated carbocycles. The van der Waals surface area contributed by atoms with E-state index in [-0.39, 0.29) is 48.4 Å². The second-order valence-electron chi connectivity index (χ2n) is 9.88. The van der Waals surface area contributed by atoms with Crippen LogP contribution in [-0.4, -0.2) is 94.5 Å². The van der Waals surface area contributed by atoms with Gasteiger partial charge in [-0.25, -0.2) is 22.8 Å². The number of rotatable bonds is 10. The lowest BCUT2D eigenvalue weighted by atomic mass is 10.1. The highest BCUT2D eigenvalue weighted by molar-refractivity contribution is 7.93. The molecule has 1 N–H and O–H groups in total. The van der Waals surface area contributed by atoms with E-state index in [0.29, 0.717) is 25.4 Å². The van der Waals surface area contributed by atoms with E-state index in [4.69, 9.17) is 18.9 Å². The number of methoxy groups -OCH3 is 2. The number of halogens is 1. The van der Waals surface area contributed by atoms with Crippen molar-refractivity contribution in [2.24, 2.45) is 0 Å². The van der Waals surface area contributed by atoms with Crippen LogP contribution in [0.1, 0.15) is 45.0 Å². The van der Waals surface area contributed by atoms with Gasteiger partial charge >= 0.3 is 0 Å². The van der Waals surface area contributed by atoms with E-state index in [2.05, 4.69) is 34.9 Å². The largest absolute Gasteiger partial charge is 0.479 e. The molecule has 41 heavy (non-hydrogen) atoms. The van der Waals surface area contributed by atoms with Gasteiger partial charge in [0, 0.05) is 19.7 Å². The maximum Gasteiger partial charge on any atom is 0.245 e. The van der Waals surface area contributed by atoms with Crippen molar-refractivity contribution in [1.82, 2.24) is 34.7 Å². The fourth-order valence-corrected chi connectivity index (χ4v) is 6.37. The highest BCUT2D eigenvalue weighted by atomic mass is 32.2. The molecule has 2 aliphatic rings. The van der Waals surface area contributed by atoms with E-state index in [9.17, 15) is 12.8 Å². The van der Waals surface area contributed by atoms with Gasteiger partial charge in [-0.1, -0.05) is 0 Å². The molecular formula is C24H32FN9O6S. The third-order valence-electron chi connectivity index (χ3n) is 6.67. The van der Waals surface area contributed by atoms with E-state index in [1.807, 2.05) is 13.8 Å². The Hall–Kier alpha value is -3.70. The standard InChI is InChI=1S/C24H32FN9O6S/c1-14(2)40-16-8-17(12-33(11-16)23-26-9-15(25)10-27-23)41(35,36)32-24-31-30-20(18-6-5-7-39-18)34(24)19-21(37-3)28-13-29-22(19)38-4/h9-10,13-14,16-18H,5-8,11-12H2,1-4H3,(H,31,32)/t16-,17-,18+/m0/s1. The Morgan fingerprint density at radius 3 is 2.39 bits per heavy atom. The average molecular weight is 594 g/mol. The first-order valence-corrected chi connectivity index (χ1v) is 14.6. The van der Waals surface area contributed by atoms with Gasteiger partial charge in [0.25, 0.3) is 0 Å². The van der Waals surface area contributed by atoms with Crippen LogP contribution >= 0.6 is 0 Å². The summed E-state index contributed by atoms with van der Waals surface area (Å²) in [4.78, 5) is 18.1. The molecule has 0 unspecified atom stereocenters. The van der Waals surface area contributed by atoms with Crippen molar-refractivity contribution in [1.29, 1.82) is 0 Å². The number of aromatic nitrogens is 7. The van der Waals surface area contributed by atoms with Crippen molar-refractivity contribution in [3.63, 3.8) is 0 Å². The Morgan fingerprint density at radius 1 is 1.07 bits per heavy atom. The van der Waals surface area contributed by atoms with Gasteiger partial charge < -0.3 is 23.8 Å². The number of sulfonamides is 1. The van der Waals surface area contributed by atoms with E-state index < -0.39 is 33.3 Å². The van der Waals surface area contributed by atoms with Gasteiger partial charge in [-0.3, -0.25) is 9.29 Å². The van der Waals surface area contributed by atoms with Crippen LogP contribution in [-0.2, 0) is 19.5 Å². The second-order valence-corrected chi connectivity index (χ2v) is 11.8. The molecule has 222 valence electrons. The zero-order valence-corrected chi connectivity index (χ0v) is 23.9. The Labute approximate surface area is 236 Å². The number of piperidine rings is 1. The van der Waals surface area contributed by atoms with Gasteiger partial charge in [0.15, 0.2) is 17.3 Å². The van der Waals surface area contributed by atoms with Gasteiger partial charge in [0.1, 0.15) is 17.7 Å². The van der Waals surface area contributed by atoms with E-state index in [1.54, 1.807) is 4.90 Å². The molecule has 2 fully saturated rings. The lowest BCUT2D eigenvalue weighted by Gasteiger charge is -2.37. The van der Waals surface area contributed by atoms with E-state index >= 15 is 0 Å². The van der Waals surface area contributed by atoms with Crippen molar-refractivity contribution in [2.75, 3.05) is 43.5 Å². The quantitative estimate of drug-likeness (QED) is 0.361. The molecule has 0 bridgehead atoms. The van der Waals surface area contributed by atoms with Crippen LogP contribution in [0.2, 0.25) is 0 Å². The first-order valence-electron chi connectivity index (χ1n) is 13.1. The third kappa shape index (κ3) is 6.15. The second kappa shape index (κ2) is 12.0. The van der Waals surface area contributed by atoms with Crippen LogP contribution in [0.5, 0.6) is 11.8 Å². The van der Waals surface area contributed by atoms with E-state index in [1.165, 1.54) is 25.1 Å². The predicted molar refractivity (Wildman–Crippen MR) is 143 cm³/mol. The third-order valence-corrected chi connectivity index (χ3v) is 8.36. The maximum atomic E-state index is 13.9. The number of ether oxygens (including phenoxy) is 4. The molecule has 0 spiro atoms. The van der Waals surface area contributed by atoms with Crippen LogP contribution in [0.15, 0.2) is 18.7 Å². The van der Waals surface area contributed by atoms with Crippen molar-refractivity contribution >= 4 is 21.9 Å². The average Bonchev–Trinajstić information content (AvgIpc) is 3.62. The van der Waals surface area contributed by atoms with Crippen LogP contribution in [0.25, 0.3) is 5.69 Å². The summed E-state index contributed by atoms with van der Waals surface area (Å²) in [6.07, 6.45) is 3.94. The lowest BCUT2D eigenvalue weighted by molar-refractivity contribution is 0.00147. The number of anilines is 2. The molecular weight excluding hydrogens is 561 g/mol. The number of hydrogen-bond acceptors (Lipinski definition) is 13. The normalized spacial score (nSPS) is 21.3. The molecule has 3 aromatic rings. The highest BCUT2D eigenvalue weighted by Gasteiger charge is 2.39. The summed E-state index contributed by atoms with van der Waals surface area (Å²) in [6.45, 7) is 4.64. The number of nitrogens with one attached hydrogen (secondary N) is 1. The maximum absolute atomic E-state index is 13.9. The molecule has 17 heteroatoms. The number of nitrogens with zero attached hydrogens (tertiary/aromatic N) is 8. The van der Waals surface area contributed by atoms with Crippen LogP contribution in [0, 0.1) is 5.82 Å². The van der Waals surface area contributed by atoms with Crippen LogP contribution < -0.4 is 19.1 Å². The van der Waals surface area contributed by atoms with Gasteiger partial charge in [0.05, 0.1) is 38.8 Å². The molecule has 3 atom stereocenters. The molecule has 0 aliphatic carbocycles. The fourth-order valence-electron chi connectivity index (χ4n) is 4.97. The summed E-state index contributed by atoms with van der Waals surface area (Å²) in [7, 11) is -1.27. The summed E-state index contributed by atoms with van der Waals surface area (Å²) in [5.74, 6) is 0.0844. The highest BCUT2D eigenvalue weighted by Crippen LogP contribution is 2.37. The van der Waals surface area contributed by atoms with Crippen LogP contribution in [0.3, 0.4) is 0 Å². The SMILES string of the molecule is COc1ncnc(OC)c1-n1c(NS(=O)(=O)[C@H]2C[C@H](OC(C)C)CN(c3ncc(F)cn3)C2)nnc1[C@H]1CCCO1. The monoisotopic (exact) mass is 593 g/mol. The molecule has 0 radical (unpaired) electrons. The fraction of sp³-hybridized carbons (Fsp3) is 0.583.